The van der Waals surface area contributed by atoms with E-state index < -0.39 is 13.1 Å². The molecule has 0 bridgehead atoms. The Bertz CT molecular complexity index is 673. The van der Waals surface area contributed by atoms with Gasteiger partial charge >= 0.3 is 59.1 Å². The van der Waals surface area contributed by atoms with Crippen LogP contribution in [0.4, 0.5) is 0 Å². The third-order valence-corrected chi connectivity index (χ3v) is 4.92. The van der Waals surface area contributed by atoms with E-state index in [0.29, 0.717) is 24.4 Å². The molecule has 2 rings (SSSR count). The molecule has 21 heavy (non-hydrogen) atoms. The first-order valence-corrected chi connectivity index (χ1v) is 8.33. The molecule has 0 aliphatic rings. The average molecular weight is 348 g/mol. The first kappa shape index (κ1) is 21.9. The summed E-state index contributed by atoms with van der Waals surface area (Å²) in [4.78, 5) is 42.7. The van der Waals surface area contributed by atoms with Crippen LogP contribution in [0, 0.1) is 0 Å². The zero-order chi connectivity index (χ0) is 13.9. The Morgan fingerprint density at radius 3 is 2.71 bits per heavy atom. The topological polar surface area (TPSA) is 127 Å². The molecule has 2 aromatic rings. The van der Waals surface area contributed by atoms with Crippen molar-refractivity contribution in [2.45, 2.75) is 13.0 Å². The zero-order valence-electron chi connectivity index (χ0n) is 11.8. The standard InChI is InChI=1S/C9H13N4O4PS.2Na/c14-9-7-8(10-4-11-9)13(5-12-7)2-1-3-19-6-18(15,16)17;;/h4-5H,1-3,6H2,(H,10,11,14)(H2,15,16,17);;/q;2*+1/p-2. The van der Waals surface area contributed by atoms with Gasteiger partial charge in [-0.05, 0) is 12.2 Å². The fourth-order valence-corrected chi connectivity index (χ4v) is 3.31. The van der Waals surface area contributed by atoms with Crippen LogP contribution in [-0.4, -0.2) is 30.8 Å². The maximum atomic E-state index is 11.4. The van der Waals surface area contributed by atoms with Gasteiger partial charge < -0.3 is 23.9 Å². The number of aromatic amines is 1. The molecule has 0 atom stereocenters. The molecule has 0 saturated carbocycles. The van der Waals surface area contributed by atoms with Crippen molar-refractivity contribution in [3.63, 3.8) is 0 Å². The van der Waals surface area contributed by atoms with Crippen LogP contribution in [0.15, 0.2) is 17.4 Å². The number of thioether (sulfide) groups is 1. The van der Waals surface area contributed by atoms with E-state index in [1.165, 1.54) is 12.7 Å². The SMILES string of the molecule is O=c1[nH]cnc2c1ncn2CCCSCP(=O)([O-])[O-].[Na+].[Na+]. The summed E-state index contributed by atoms with van der Waals surface area (Å²) in [6.07, 6.45) is 3.48. The minimum atomic E-state index is -4.43. The van der Waals surface area contributed by atoms with Crippen LogP contribution >= 0.6 is 19.4 Å². The van der Waals surface area contributed by atoms with Gasteiger partial charge in [0, 0.05) is 12.0 Å². The summed E-state index contributed by atoms with van der Waals surface area (Å²) < 4.78 is 12.1. The second-order valence-corrected chi connectivity index (χ2v) is 6.91. The van der Waals surface area contributed by atoms with Gasteiger partial charge in [-0.3, -0.25) is 4.79 Å². The predicted octanol–water partition coefficient (Wildman–Crippen LogP) is -6.88. The third kappa shape index (κ3) is 6.87. The number of nitrogens with one attached hydrogen (secondary N) is 1. The number of aryl methyl sites for hydroxylation is 1. The van der Waals surface area contributed by atoms with Crippen molar-refractivity contribution in [1.29, 1.82) is 0 Å². The largest absolute Gasteiger partial charge is 1.00 e. The van der Waals surface area contributed by atoms with Crippen molar-refractivity contribution >= 4 is 30.5 Å². The van der Waals surface area contributed by atoms with Crippen LogP contribution in [0.5, 0.6) is 0 Å². The normalized spacial score (nSPS) is 11.0. The number of H-pyrrole nitrogens is 1. The fraction of sp³-hybridized carbons (Fsp3) is 0.444. The third-order valence-electron chi connectivity index (χ3n) is 2.34. The first-order chi connectivity index (χ1) is 8.97. The maximum absolute atomic E-state index is 11.4. The summed E-state index contributed by atoms with van der Waals surface area (Å²) in [5.74, 6) is 0.539. The van der Waals surface area contributed by atoms with Crippen LogP contribution in [0.2, 0.25) is 0 Å². The molecule has 2 heterocycles. The Labute approximate surface area is 169 Å². The Morgan fingerprint density at radius 1 is 1.33 bits per heavy atom. The van der Waals surface area contributed by atoms with Crippen molar-refractivity contribution in [3.8, 4) is 0 Å². The van der Waals surface area contributed by atoms with E-state index in [9.17, 15) is 19.1 Å². The summed E-state index contributed by atoms with van der Waals surface area (Å²) in [5.41, 5.74) is 0.0814. The van der Waals surface area contributed by atoms with E-state index in [4.69, 9.17) is 0 Å². The van der Waals surface area contributed by atoms with Gasteiger partial charge in [-0.15, -0.1) is 0 Å². The summed E-state index contributed by atoms with van der Waals surface area (Å²) in [6, 6.07) is 0. The van der Waals surface area contributed by atoms with Crippen molar-refractivity contribution in [2.24, 2.45) is 0 Å². The second-order valence-electron chi connectivity index (χ2n) is 3.84. The smallest absolute Gasteiger partial charge is 0.810 e. The van der Waals surface area contributed by atoms with Gasteiger partial charge in [0.25, 0.3) is 5.56 Å². The molecule has 0 aromatic carbocycles. The molecule has 1 N–H and O–H groups in total. The molecule has 0 spiro atoms. The molecular formula is C9H11N4Na2O4PS. The van der Waals surface area contributed by atoms with Gasteiger partial charge in [0.1, 0.15) is 0 Å². The van der Waals surface area contributed by atoms with Crippen molar-refractivity contribution in [3.05, 3.63) is 23.0 Å². The molecule has 0 fully saturated rings. The molecule has 0 aliphatic carbocycles. The van der Waals surface area contributed by atoms with Crippen LogP contribution in [0.3, 0.4) is 0 Å². The molecule has 104 valence electrons. The van der Waals surface area contributed by atoms with Crippen LogP contribution in [0.25, 0.3) is 11.2 Å². The van der Waals surface area contributed by atoms with Crippen LogP contribution in [0.1, 0.15) is 6.42 Å². The van der Waals surface area contributed by atoms with E-state index in [-0.39, 0.29) is 70.2 Å². The summed E-state index contributed by atoms with van der Waals surface area (Å²) in [7, 11) is -4.43. The summed E-state index contributed by atoms with van der Waals surface area (Å²) >= 11 is 1.08. The Balaban J connectivity index is 0.00000200. The summed E-state index contributed by atoms with van der Waals surface area (Å²) in [5, 5.41) is 0. The van der Waals surface area contributed by atoms with Gasteiger partial charge in [-0.25, -0.2) is 9.97 Å². The molecule has 0 radical (unpaired) electrons. The van der Waals surface area contributed by atoms with E-state index in [0.717, 1.165) is 11.8 Å². The number of aromatic nitrogens is 4. The van der Waals surface area contributed by atoms with E-state index in [2.05, 4.69) is 15.0 Å². The second kappa shape index (κ2) is 9.87. The molecule has 0 amide bonds. The molecule has 0 saturated heterocycles. The first-order valence-electron chi connectivity index (χ1n) is 5.45. The predicted molar refractivity (Wildman–Crippen MR) is 67.7 cm³/mol. The van der Waals surface area contributed by atoms with Crippen molar-refractivity contribution < 1.29 is 73.5 Å². The number of hydrogen-bond acceptors (Lipinski definition) is 7. The van der Waals surface area contributed by atoms with E-state index in [1.54, 1.807) is 4.57 Å². The van der Waals surface area contributed by atoms with Crippen molar-refractivity contribution in [2.75, 3.05) is 11.2 Å². The minimum Gasteiger partial charge on any atom is -0.810 e. The van der Waals surface area contributed by atoms with E-state index >= 15 is 0 Å². The number of fused-ring (bicyclic) bond motifs is 1. The average Bonchev–Trinajstić information content (AvgIpc) is 2.72. The number of hydrogen-bond donors (Lipinski definition) is 1. The number of imidazole rings is 1. The number of rotatable bonds is 6. The van der Waals surface area contributed by atoms with Crippen LogP contribution in [-0.2, 0) is 11.1 Å². The maximum Gasteiger partial charge on any atom is 1.00 e. The molecular weight excluding hydrogens is 337 g/mol. The molecule has 0 aliphatic heterocycles. The molecule has 0 unspecified atom stereocenters. The fourth-order valence-electron chi connectivity index (χ4n) is 1.57. The van der Waals surface area contributed by atoms with E-state index in [1.807, 2.05) is 0 Å². The Kier molecular flexibility index (Phi) is 10.3. The molecule has 12 heteroatoms. The minimum absolute atomic E-state index is 0. The van der Waals surface area contributed by atoms with Gasteiger partial charge in [0.05, 0.1) is 12.7 Å². The summed E-state index contributed by atoms with van der Waals surface area (Å²) in [6.45, 7) is 0.558. The van der Waals surface area contributed by atoms with Crippen LogP contribution < -0.4 is 74.5 Å². The Hall–Kier alpha value is 0.850. The Morgan fingerprint density at radius 2 is 2.05 bits per heavy atom. The van der Waals surface area contributed by atoms with Gasteiger partial charge in [-0.1, -0.05) is 7.60 Å². The van der Waals surface area contributed by atoms with Crippen molar-refractivity contribution in [1.82, 2.24) is 19.5 Å². The zero-order valence-corrected chi connectivity index (χ0v) is 17.5. The van der Waals surface area contributed by atoms with Gasteiger partial charge in [0.15, 0.2) is 11.2 Å². The molecule has 2 aromatic heterocycles. The van der Waals surface area contributed by atoms with Gasteiger partial charge in [-0.2, -0.15) is 11.8 Å². The number of nitrogens with zero attached hydrogens (tertiary/aromatic N) is 3. The quantitative estimate of drug-likeness (QED) is 0.312. The molecule has 8 nitrogen and oxygen atoms in total. The van der Waals surface area contributed by atoms with Gasteiger partial charge in [0.2, 0.25) is 0 Å². The monoisotopic (exact) mass is 348 g/mol.